The Morgan fingerprint density at radius 2 is 1.00 bits per heavy atom. The smallest absolute Gasteiger partial charge is 0.317 e. The van der Waals surface area contributed by atoms with Crippen LogP contribution >= 0.6 is 0 Å². The second-order valence-corrected chi connectivity index (χ2v) is 8.62. The van der Waals surface area contributed by atoms with Crippen LogP contribution in [-0.4, -0.2) is 23.1 Å². The minimum atomic E-state index is -0.643. The van der Waals surface area contributed by atoms with E-state index in [1.165, 1.54) is 11.1 Å². The zero-order chi connectivity index (χ0) is 21.3. The molecule has 0 amide bonds. The van der Waals surface area contributed by atoms with Crippen LogP contribution < -0.4 is 0 Å². The summed E-state index contributed by atoms with van der Waals surface area (Å²) < 4.78 is 11.1. The summed E-state index contributed by atoms with van der Waals surface area (Å²) in [7, 11) is 0. The number of aryl methyl sites for hydroxylation is 2. The molecular formula is C25H32O4. The molecule has 0 fully saturated rings. The van der Waals surface area contributed by atoms with Crippen molar-refractivity contribution in [1.29, 1.82) is 0 Å². The lowest BCUT2D eigenvalue weighted by Gasteiger charge is -2.27. The van der Waals surface area contributed by atoms with Gasteiger partial charge in [-0.25, -0.2) is 0 Å². The first kappa shape index (κ1) is 22.7. The summed E-state index contributed by atoms with van der Waals surface area (Å²) in [5.41, 5.74) is 1.10. The predicted molar refractivity (Wildman–Crippen MR) is 114 cm³/mol. The molecule has 4 heteroatoms. The Morgan fingerprint density at radius 3 is 1.34 bits per heavy atom. The van der Waals surface area contributed by atoms with E-state index in [0.717, 1.165) is 12.8 Å². The Kier molecular flexibility index (Phi) is 8.00. The predicted octanol–water partition coefficient (Wildman–Crippen LogP) is 5.29. The van der Waals surface area contributed by atoms with Crippen LogP contribution in [0.2, 0.25) is 0 Å². The summed E-state index contributed by atoms with van der Waals surface area (Å²) in [4.78, 5) is 24.4. The summed E-state index contributed by atoms with van der Waals surface area (Å²) in [6, 6.07) is 20.1. The average molecular weight is 397 g/mol. The zero-order valence-corrected chi connectivity index (χ0v) is 17.9. The van der Waals surface area contributed by atoms with E-state index in [0.29, 0.717) is 12.8 Å². The molecule has 0 radical (unpaired) electrons. The number of rotatable bonds is 10. The van der Waals surface area contributed by atoms with Crippen LogP contribution in [-0.2, 0) is 31.9 Å². The fourth-order valence-electron chi connectivity index (χ4n) is 3.09. The molecule has 0 N–H and O–H groups in total. The Labute approximate surface area is 174 Å². The third-order valence-electron chi connectivity index (χ3n) is 4.79. The van der Waals surface area contributed by atoms with E-state index in [1.54, 1.807) is 0 Å². The van der Waals surface area contributed by atoms with E-state index in [2.05, 4.69) is 0 Å². The van der Waals surface area contributed by atoms with Gasteiger partial charge in [0.2, 0.25) is 0 Å². The molecule has 0 heterocycles. The van der Waals surface area contributed by atoms with Crippen LogP contribution in [0.3, 0.4) is 0 Å². The molecule has 4 nitrogen and oxygen atoms in total. The topological polar surface area (TPSA) is 52.6 Å². The van der Waals surface area contributed by atoms with Gasteiger partial charge >= 0.3 is 11.9 Å². The average Bonchev–Trinajstić information content (AvgIpc) is 2.65. The molecule has 156 valence electrons. The van der Waals surface area contributed by atoms with Gasteiger partial charge in [0.25, 0.3) is 0 Å². The first-order valence-electron chi connectivity index (χ1n) is 10.2. The van der Waals surface area contributed by atoms with E-state index in [-0.39, 0.29) is 6.42 Å². The fraction of sp³-hybridized carbons (Fsp3) is 0.440. The molecule has 0 unspecified atom stereocenters. The third kappa shape index (κ3) is 8.95. The van der Waals surface area contributed by atoms with E-state index in [9.17, 15) is 9.59 Å². The van der Waals surface area contributed by atoms with Gasteiger partial charge in [-0.15, -0.1) is 0 Å². The first-order valence-corrected chi connectivity index (χ1v) is 10.2. The quantitative estimate of drug-likeness (QED) is 0.405. The summed E-state index contributed by atoms with van der Waals surface area (Å²) in [6.07, 6.45) is 2.60. The summed E-state index contributed by atoms with van der Waals surface area (Å²) in [6.45, 7) is 7.46. The van der Waals surface area contributed by atoms with Crippen molar-refractivity contribution < 1.29 is 19.1 Å². The van der Waals surface area contributed by atoms with E-state index < -0.39 is 23.1 Å². The van der Waals surface area contributed by atoms with Crippen molar-refractivity contribution in [3.8, 4) is 0 Å². The van der Waals surface area contributed by atoms with E-state index >= 15 is 0 Å². The molecular weight excluding hydrogens is 364 g/mol. The largest absolute Gasteiger partial charge is 0.459 e. The van der Waals surface area contributed by atoms with Crippen LogP contribution in [0.15, 0.2) is 60.7 Å². The van der Waals surface area contributed by atoms with E-state index in [4.69, 9.17) is 9.47 Å². The number of hydrogen-bond acceptors (Lipinski definition) is 4. The summed E-state index contributed by atoms with van der Waals surface area (Å²) in [5.74, 6) is -1.10. The second kappa shape index (κ2) is 10.2. The summed E-state index contributed by atoms with van der Waals surface area (Å²) >= 11 is 0. The van der Waals surface area contributed by atoms with Gasteiger partial charge in [0.05, 0.1) is 0 Å². The van der Waals surface area contributed by atoms with Crippen molar-refractivity contribution in [3.63, 3.8) is 0 Å². The normalized spacial score (nSPS) is 11.7. The second-order valence-electron chi connectivity index (χ2n) is 8.62. The van der Waals surface area contributed by atoms with Gasteiger partial charge in [-0.2, -0.15) is 0 Å². The van der Waals surface area contributed by atoms with Crippen LogP contribution in [0.25, 0.3) is 0 Å². The zero-order valence-electron chi connectivity index (χ0n) is 17.9. The van der Waals surface area contributed by atoms with Gasteiger partial charge in [0.15, 0.2) is 0 Å². The molecule has 0 saturated carbocycles. The standard InChI is InChI=1S/C25H32O4/c1-24(2,17-15-20-11-7-5-8-12-20)28-22(26)19-23(27)29-25(3,4)18-16-21-13-9-6-10-14-21/h5-14H,15-19H2,1-4H3. The molecule has 29 heavy (non-hydrogen) atoms. The Bertz CT molecular complexity index is 711. The Balaban J connectivity index is 1.75. The molecule has 2 aromatic carbocycles. The maximum absolute atomic E-state index is 12.2. The molecule has 0 saturated heterocycles. The molecule has 2 rings (SSSR count). The highest BCUT2D eigenvalue weighted by Crippen LogP contribution is 2.21. The Morgan fingerprint density at radius 1 is 0.655 bits per heavy atom. The van der Waals surface area contributed by atoms with Crippen LogP contribution in [0.5, 0.6) is 0 Å². The maximum atomic E-state index is 12.2. The van der Waals surface area contributed by atoms with Gasteiger partial charge < -0.3 is 9.47 Å². The SMILES string of the molecule is CC(C)(CCc1ccccc1)OC(=O)CC(=O)OC(C)(C)CCc1ccccc1. The molecule has 2 aromatic rings. The number of esters is 2. The van der Waals surface area contributed by atoms with E-state index in [1.807, 2.05) is 88.4 Å². The minimum absolute atomic E-state index is 0.371. The van der Waals surface area contributed by atoms with Crippen molar-refractivity contribution in [2.75, 3.05) is 0 Å². The van der Waals surface area contributed by atoms with Gasteiger partial charge in [0.1, 0.15) is 17.6 Å². The van der Waals surface area contributed by atoms with Crippen molar-refractivity contribution in [2.24, 2.45) is 0 Å². The van der Waals surface area contributed by atoms with Crippen molar-refractivity contribution in [2.45, 2.75) is 71.0 Å². The number of ether oxygens (including phenoxy) is 2. The molecule has 0 atom stereocenters. The minimum Gasteiger partial charge on any atom is -0.459 e. The maximum Gasteiger partial charge on any atom is 0.317 e. The van der Waals surface area contributed by atoms with Gasteiger partial charge in [-0.3, -0.25) is 9.59 Å². The number of carbonyl (C=O) groups is 2. The summed E-state index contributed by atoms with van der Waals surface area (Å²) in [5, 5.41) is 0. The third-order valence-corrected chi connectivity index (χ3v) is 4.79. The van der Waals surface area contributed by atoms with Crippen molar-refractivity contribution in [1.82, 2.24) is 0 Å². The lowest BCUT2D eigenvalue weighted by atomic mass is 9.98. The Hall–Kier alpha value is -2.62. The highest BCUT2D eigenvalue weighted by Gasteiger charge is 2.28. The van der Waals surface area contributed by atoms with Gasteiger partial charge in [-0.1, -0.05) is 60.7 Å². The number of carbonyl (C=O) groups excluding carboxylic acids is 2. The van der Waals surface area contributed by atoms with Crippen molar-refractivity contribution >= 4 is 11.9 Å². The number of benzene rings is 2. The van der Waals surface area contributed by atoms with Crippen LogP contribution in [0.4, 0.5) is 0 Å². The van der Waals surface area contributed by atoms with Crippen molar-refractivity contribution in [3.05, 3.63) is 71.8 Å². The lowest BCUT2D eigenvalue weighted by Crippen LogP contribution is -2.33. The molecule has 0 spiro atoms. The monoisotopic (exact) mass is 396 g/mol. The fourth-order valence-corrected chi connectivity index (χ4v) is 3.09. The molecule has 0 aromatic heterocycles. The molecule has 0 aliphatic heterocycles. The molecule has 0 aliphatic carbocycles. The molecule has 0 aliphatic rings. The molecule has 0 bridgehead atoms. The van der Waals surface area contributed by atoms with Gasteiger partial charge in [-0.05, 0) is 64.5 Å². The highest BCUT2D eigenvalue weighted by molar-refractivity contribution is 5.91. The highest BCUT2D eigenvalue weighted by atomic mass is 16.6. The van der Waals surface area contributed by atoms with Crippen LogP contribution in [0, 0.1) is 0 Å². The van der Waals surface area contributed by atoms with Gasteiger partial charge in [0, 0.05) is 0 Å². The lowest BCUT2D eigenvalue weighted by molar-refractivity contribution is -0.168. The first-order chi connectivity index (χ1) is 13.7. The number of hydrogen-bond donors (Lipinski definition) is 0. The van der Waals surface area contributed by atoms with Crippen LogP contribution in [0.1, 0.15) is 58.1 Å².